The second-order valence-corrected chi connectivity index (χ2v) is 7.92. The number of likely N-dealkylation sites (tertiary alicyclic amines) is 1. The van der Waals surface area contributed by atoms with Crippen LogP contribution in [0.15, 0.2) is 4.99 Å². The van der Waals surface area contributed by atoms with Gasteiger partial charge in [-0.05, 0) is 58.7 Å². The van der Waals surface area contributed by atoms with Crippen molar-refractivity contribution in [1.82, 2.24) is 20.9 Å². The maximum absolute atomic E-state index is 12.2. The molecule has 0 aromatic rings. The molecule has 156 valence electrons. The van der Waals surface area contributed by atoms with E-state index in [-0.39, 0.29) is 11.8 Å². The molecule has 1 saturated carbocycles. The molecule has 3 N–H and O–H groups in total. The minimum Gasteiger partial charge on any atom is -0.357 e. The zero-order valence-electron chi connectivity index (χ0n) is 17.4. The van der Waals surface area contributed by atoms with Gasteiger partial charge in [-0.15, -0.1) is 0 Å². The standard InChI is InChI=1S/C21H41N5O/c1-2-22-21(24-13-10-18-26-16-8-3-4-9-17-26)25-15-14-23-20(27)19-11-6-5-7-12-19/h19H,2-18H2,1H3,(H,23,27)(H2,22,24,25). The van der Waals surface area contributed by atoms with Crippen LogP contribution >= 0.6 is 0 Å². The van der Waals surface area contributed by atoms with Gasteiger partial charge in [0.05, 0.1) is 0 Å². The van der Waals surface area contributed by atoms with Crippen LogP contribution in [0.3, 0.4) is 0 Å². The lowest BCUT2D eigenvalue weighted by molar-refractivity contribution is -0.125. The van der Waals surface area contributed by atoms with Gasteiger partial charge in [0.1, 0.15) is 0 Å². The summed E-state index contributed by atoms with van der Waals surface area (Å²) in [7, 11) is 0. The Bertz CT molecular complexity index is 426. The minimum absolute atomic E-state index is 0.232. The summed E-state index contributed by atoms with van der Waals surface area (Å²) in [4.78, 5) is 19.4. The van der Waals surface area contributed by atoms with Crippen LogP contribution in [-0.2, 0) is 4.79 Å². The average Bonchev–Trinajstić information content (AvgIpc) is 2.97. The van der Waals surface area contributed by atoms with Crippen LogP contribution in [0.25, 0.3) is 0 Å². The molecule has 0 bridgehead atoms. The Hall–Kier alpha value is -1.30. The van der Waals surface area contributed by atoms with E-state index in [1.807, 2.05) is 0 Å². The first-order valence-corrected chi connectivity index (χ1v) is 11.3. The van der Waals surface area contributed by atoms with E-state index in [9.17, 15) is 4.79 Å². The van der Waals surface area contributed by atoms with Crippen LogP contribution in [0.4, 0.5) is 0 Å². The fourth-order valence-corrected chi connectivity index (χ4v) is 4.06. The second kappa shape index (κ2) is 13.8. The maximum Gasteiger partial charge on any atom is 0.223 e. The highest BCUT2D eigenvalue weighted by atomic mass is 16.1. The summed E-state index contributed by atoms with van der Waals surface area (Å²) in [6.07, 6.45) is 12.4. The molecule has 2 rings (SSSR count). The van der Waals surface area contributed by atoms with Gasteiger partial charge in [0, 0.05) is 32.1 Å². The van der Waals surface area contributed by atoms with E-state index in [0.717, 1.165) is 51.4 Å². The number of nitrogens with one attached hydrogen (secondary N) is 3. The number of guanidine groups is 1. The van der Waals surface area contributed by atoms with E-state index < -0.39 is 0 Å². The van der Waals surface area contributed by atoms with Crippen LogP contribution in [0.2, 0.25) is 0 Å². The highest BCUT2D eigenvalue weighted by Gasteiger charge is 2.20. The zero-order chi connectivity index (χ0) is 19.2. The second-order valence-electron chi connectivity index (χ2n) is 7.92. The lowest BCUT2D eigenvalue weighted by atomic mass is 9.89. The van der Waals surface area contributed by atoms with Crippen LogP contribution in [0.5, 0.6) is 0 Å². The summed E-state index contributed by atoms with van der Waals surface area (Å²) < 4.78 is 0. The molecule has 2 aliphatic rings. The summed E-state index contributed by atoms with van der Waals surface area (Å²) in [6.45, 7) is 8.82. The molecule has 1 amide bonds. The zero-order valence-corrected chi connectivity index (χ0v) is 17.4. The van der Waals surface area contributed by atoms with Crippen molar-refractivity contribution < 1.29 is 4.79 Å². The van der Waals surface area contributed by atoms with Crippen LogP contribution < -0.4 is 16.0 Å². The third-order valence-corrected chi connectivity index (χ3v) is 5.64. The number of amides is 1. The average molecular weight is 380 g/mol. The number of nitrogens with zero attached hydrogens (tertiary/aromatic N) is 2. The Morgan fingerprint density at radius 2 is 1.59 bits per heavy atom. The lowest BCUT2D eigenvalue weighted by Gasteiger charge is -2.21. The van der Waals surface area contributed by atoms with E-state index in [1.165, 1.54) is 58.0 Å². The molecule has 1 saturated heterocycles. The van der Waals surface area contributed by atoms with Gasteiger partial charge in [0.25, 0.3) is 0 Å². The van der Waals surface area contributed by atoms with Crippen molar-refractivity contribution in [2.24, 2.45) is 10.9 Å². The molecule has 6 heteroatoms. The summed E-state index contributed by atoms with van der Waals surface area (Å²) in [6, 6.07) is 0. The van der Waals surface area contributed by atoms with Crippen LogP contribution in [0.1, 0.15) is 71.1 Å². The van der Waals surface area contributed by atoms with Crippen molar-refractivity contribution in [3.05, 3.63) is 0 Å². The highest BCUT2D eigenvalue weighted by molar-refractivity contribution is 5.80. The molecule has 1 aliphatic carbocycles. The van der Waals surface area contributed by atoms with Gasteiger partial charge in [-0.3, -0.25) is 9.79 Å². The molecule has 1 aliphatic heterocycles. The normalized spacial score (nSPS) is 20.1. The Balaban J connectivity index is 1.58. The third kappa shape index (κ3) is 9.45. The predicted molar refractivity (Wildman–Crippen MR) is 113 cm³/mol. The molecule has 6 nitrogen and oxygen atoms in total. The summed E-state index contributed by atoms with van der Waals surface area (Å²) >= 11 is 0. The maximum atomic E-state index is 12.2. The van der Waals surface area contributed by atoms with E-state index in [2.05, 4.69) is 32.8 Å². The summed E-state index contributed by atoms with van der Waals surface area (Å²) in [5, 5.41) is 9.71. The van der Waals surface area contributed by atoms with Crippen molar-refractivity contribution in [3.8, 4) is 0 Å². The monoisotopic (exact) mass is 379 g/mol. The minimum atomic E-state index is 0.232. The summed E-state index contributed by atoms with van der Waals surface area (Å²) in [5.41, 5.74) is 0. The predicted octanol–water partition coefficient (Wildman–Crippen LogP) is 2.50. The van der Waals surface area contributed by atoms with E-state index >= 15 is 0 Å². The molecule has 0 aromatic carbocycles. The van der Waals surface area contributed by atoms with Crippen molar-refractivity contribution in [2.75, 3.05) is 45.8 Å². The number of carbonyl (C=O) groups is 1. The molecule has 2 fully saturated rings. The van der Waals surface area contributed by atoms with Gasteiger partial charge in [0.15, 0.2) is 5.96 Å². The van der Waals surface area contributed by atoms with Gasteiger partial charge in [0.2, 0.25) is 5.91 Å². The first kappa shape index (κ1) is 22.0. The molecule has 0 unspecified atom stereocenters. The van der Waals surface area contributed by atoms with Crippen molar-refractivity contribution in [3.63, 3.8) is 0 Å². The molecule has 1 heterocycles. The topological polar surface area (TPSA) is 68.8 Å². The number of aliphatic imine (C=N–C) groups is 1. The highest BCUT2D eigenvalue weighted by Crippen LogP contribution is 2.23. The first-order valence-electron chi connectivity index (χ1n) is 11.3. The Labute approximate surface area is 165 Å². The summed E-state index contributed by atoms with van der Waals surface area (Å²) in [5.74, 6) is 1.33. The number of hydrogen-bond acceptors (Lipinski definition) is 3. The van der Waals surface area contributed by atoms with E-state index in [4.69, 9.17) is 0 Å². The lowest BCUT2D eigenvalue weighted by Crippen LogP contribution is -2.42. The molecule has 0 radical (unpaired) electrons. The number of hydrogen-bond donors (Lipinski definition) is 3. The van der Waals surface area contributed by atoms with E-state index in [0.29, 0.717) is 6.54 Å². The van der Waals surface area contributed by atoms with Gasteiger partial charge >= 0.3 is 0 Å². The Morgan fingerprint density at radius 1 is 0.926 bits per heavy atom. The molecule has 0 aromatic heterocycles. The number of carbonyl (C=O) groups excluding carboxylic acids is 1. The van der Waals surface area contributed by atoms with E-state index in [1.54, 1.807) is 0 Å². The fraction of sp³-hybridized carbons (Fsp3) is 0.905. The van der Waals surface area contributed by atoms with Gasteiger partial charge in [-0.1, -0.05) is 32.1 Å². The third-order valence-electron chi connectivity index (χ3n) is 5.64. The first-order chi connectivity index (χ1) is 13.3. The molecular formula is C21H41N5O. The molecule has 0 atom stereocenters. The molecule has 0 spiro atoms. The molecule has 27 heavy (non-hydrogen) atoms. The van der Waals surface area contributed by atoms with Crippen LogP contribution in [-0.4, -0.2) is 62.6 Å². The quantitative estimate of drug-likeness (QED) is 0.327. The number of rotatable bonds is 9. The van der Waals surface area contributed by atoms with Gasteiger partial charge in [-0.25, -0.2) is 0 Å². The SMILES string of the molecule is CCNC(=NCCCN1CCCCCC1)NCCNC(=O)C1CCCCC1. The fourth-order valence-electron chi connectivity index (χ4n) is 4.06. The van der Waals surface area contributed by atoms with Crippen molar-refractivity contribution in [2.45, 2.75) is 71.1 Å². The van der Waals surface area contributed by atoms with Crippen molar-refractivity contribution >= 4 is 11.9 Å². The van der Waals surface area contributed by atoms with Gasteiger partial charge < -0.3 is 20.9 Å². The van der Waals surface area contributed by atoms with Crippen molar-refractivity contribution in [1.29, 1.82) is 0 Å². The van der Waals surface area contributed by atoms with Crippen LogP contribution in [0, 0.1) is 5.92 Å². The molecular weight excluding hydrogens is 338 g/mol. The smallest absolute Gasteiger partial charge is 0.223 e. The Kier molecular flexibility index (Phi) is 11.2. The Morgan fingerprint density at radius 3 is 2.30 bits per heavy atom. The largest absolute Gasteiger partial charge is 0.357 e. The van der Waals surface area contributed by atoms with Gasteiger partial charge in [-0.2, -0.15) is 0 Å².